The van der Waals surface area contributed by atoms with Gasteiger partial charge < -0.3 is 14.4 Å². The third-order valence-corrected chi connectivity index (χ3v) is 5.91. The minimum Gasteiger partial charge on any atom is -0.454 e. The number of amides is 1. The van der Waals surface area contributed by atoms with E-state index in [4.69, 9.17) is 9.47 Å². The number of rotatable bonds is 4. The lowest BCUT2D eigenvalue weighted by Crippen LogP contribution is -2.29. The molecule has 0 bridgehead atoms. The maximum Gasteiger partial charge on any atom is 0.264 e. The quantitative estimate of drug-likeness (QED) is 0.842. The van der Waals surface area contributed by atoms with Gasteiger partial charge in [0, 0.05) is 18.0 Å². The summed E-state index contributed by atoms with van der Waals surface area (Å²) in [6, 6.07) is 8.00. The number of benzene rings is 1. The molecule has 1 aliphatic carbocycles. The Morgan fingerprint density at radius 2 is 2.00 bits per heavy atom. The summed E-state index contributed by atoms with van der Waals surface area (Å²) in [5.41, 5.74) is 2.45. The summed E-state index contributed by atoms with van der Waals surface area (Å²) >= 11 is 1.68. The largest absolute Gasteiger partial charge is 0.454 e. The fraction of sp³-hybridized carbons (Fsp3) is 0.421. The van der Waals surface area contributed by atoms with Crippen LogP contribution in [0.15, 0.2) is 24.3 Å². The van der Waals surface area contributed by atoms with Gasteiger partial charge in [0.25, 0.3) is 5.91 Å². The standard InChI is InChI=1S/C19H21NO3S/c1-2-20(11-13-7-8-15-16(9-13)23-12-22-15)19(21)18-10-14-5-3-4-6-17(14)24-18/h7-10H,2-6,11-12H2,1H3. The Balaban J connectivity index is 1.52. The normalized spacial score (nSPS) is 15.2. The third kappa shape index (κ3) is 2.88. The summed E-state index contributed by atoms with van der Waals surface area (Å²) in [6.45, 7) is 3.58. The van der Waals surface area contributed by atoms with Crippen molar-refractivity contribution in [1.29, 1.82) is 0 Å². The van der Waals surface area contributed by atoms with Gasteiger partial charge in [0.15, 0.2) is 11.5 Å². The predicted octanol–water partition coefficient (Wildman–Crippen LogP) is 4.02. The smallest absolute Gasteiger partial charge is 0.264 e. The number of thiophene rings is 1. The van der Waals surface area contributed by atoms with Gasteiger partial charge in [0.2, 0.25) is 6.79 Å². The Morgan fingerprint density at radius 1 is 1.17 bits per heavy atom. The van der Waals surface area contributed by atoms with Crippen LogP contribution in [0.2, 0.25) is 0 Å². The van der Waals surface area contributed by atoms with E-state index in [0.717, 1.165) is 34.8 Å². The molecule has 1 amide bonds. The van der Waals surface area contributed by atoms with Crippen LogP contribution in [0.5, 0.6) is 11.5 Å². The van der Waals surface area contributed by atoms with Crippen LogP contribution in [0.3, 0.4) is 0 Å². The van der Waals surface area contributed by atoms with Crippen molar-refractivity contribution >= 4 is 17.2 Å². The van der Waals surface area contributed by atoms with E-state index in [1.807, 2.05) is 30.0 Å². The molecule has 1 aromatic carbocycles. The minimum atomic E-state index is 0.134. The summed E-state index contributed by atoms with van der Waals surface area (Å²) in [5.74, 6) is 1.68. The van der Waals surface area contributed by atoms with Crippen molar-refractivity contribution in [2.24, 2.45) is 0 Å². The second-order valence-corrected chi connectivity index (χ2v) is 7.41. The summed E-state index contributed by atoms with van der Waals surface area (Å²) in [5, 5.41) is 0. The van der Waals surface area contributed by atoms with Crippen LogP contribution in [0, 0.1) is 0 Å². The molecule has 0 radical (unpaired) electrons. The zero-order chi connectivity index (χ0) is 16.5. The second kappa shape index (κ2) is 6.48. The topological polar surface area (TPSA) is 38.8 Å². The molecule has 2 heterocycles. The van der Waals surface area contributed by atoms with Crippen molar-refractivity contribution in [2.45, 2.75) is 39.2 Å². The summed E-state index contributed by atoms with van der Waals surface area (Å²) in [6.07, 6.45) is 4.73. The number of hydrogen-bond acceptors (Lipinski definition) is 4. The molecule has 1 aliphatic heterocycles. The first-order valence-electron chi connectivity index (χ1n) is 8.54. The summed E-state index contributed by atoms with van der Waals surface area (Å²) < 4.78 is 10.8. The van der Waals surface area contributed by atoms with Crippen LogP contribution in [-0.4, -0.2) is 24.1 Å². The van der Waals surface area contributed by atoms with Crippen molar-refractivity contribution in [3.05, 3.63) is 45.1 Å². The Bertz CT molecular complexity index is 744. The van der Waals surface area contributed by atoms with Crippen molar-refractivity contribution in [3.8, 4) is 11.5 Å². The van der Waals surface area contributed by atoms with Crippen LogP contribution in [0.4, 0.5) is 0 Å². The first-order valence-corrected chi connectivity index (χ1v) is 9.35. The number of carbonyl (C=O) groups excluding carboxylic acids is 1. The van der Waals surface area contributed by atoms with E-state index in [1.165, 1.54) is 23.3 Å². The highest BCUT2D eigenvalue weighted by atomic mass is 32.1. The van der Waals surface area contributed by atoms with Gasteiger partial charge in [-0.25, -0.2) is 0 Å². The predicted molar refractivity (Wildman–Crippen MR) is 93.9 cm³/mol. The maximum absolute atomic E-state index is 12.9. The van der Waals surface area contributed by atoms with E-state index >= 15 is 0 Å². The molecule has 0 spiro atoms. The SMILES string of the molecule is CCN(Cc1ccc2c(c1)OCO2)C(=O)c1cc2c(s1)CCCC2. The van der Waals surface area contributed by atoms with Gasteiger partial charge in [-0.1, -0.05) is 6.07 Å². The lowest BCUT2D eigenvalue weighted by atomic mass is 9.99. The Morgan fingerprint density at radius 3 is 2.83 bits per heavy atom. The monoisotopic (exact) mass is 343 g/mol. The number of nitrogens with zero attached hydrogens (tertiary/aromatic N) is 1. The molecule has 5 heteroatoms. The molecule has 24 heavy (non-hydrogen) atoms. The zero-order valence-corrected chi connectivity index (χ0v) is 14.7. The fourth-order valence-electron chi connectivity index (χ4n) is 3.34. The lowest BCUT2D eigenvalue weighted by Gasteiger charge is -2.20. The molecule has 0 saturated heterocycles. The highest BCUT2D eigenvalue weighted by Crippen LogP contribution is 2.33. The van der Waals surface area contributed by atoms with E-state index in [-0.39, 0.29) is 12.7 Å². The van der Waals surface area contributed by atoms with Gasteiger partial charge in [0.1, 0.15) is 0 Å². The van der Waals surface area contributed by atoms with Crippen LogP contribution in [-0.2, 0) is 19.4 Å². The van der Waals surface area contributed by atoms with E-state index in [1.54, 1.807) is 11.3 Å². The highest BCUT2D eigenvalue weighted by molar-refractivity contribution is 7.14. The molecule has 1 aromatic heterocycles. The van der Waals surface area contributed by atoms with E-state index in [2.05, 4.69) is 6.07 Å². The van der Waals surface area contributed by atoms with Gasteiger partial charge in [-0.15, -0.1) is 11.3 Å². The highest BCUT2D eigenvalue weighted by Gasteiger charge is 2.22. The molecular formula is C19H21NO3S. The van der Waals surface area contributed by atoms with E-state index in [0.29, 0.717) is 13.1 Å². The molecule has 0 atom stereocenters. The van der Waals surface area contributed by atoms with Crippen molar-refractivity contribution in [1.82, 2.24) is 4.90 Å². The molecule has 0 saturated carbocycles. The van der Waals surface area contributed by atoms with E-state index < -0.39 is 0 Å². The fourth-order valence-corrected chi connectivity index (χ4v) is 4.56. The summed E-state index contributed by atoms with van der Waals surface area (Å²) in [7, 11) is 0. The average Bonchev–Trinajstić information content (AvgIpc) is 3.24. The molecule has 2 aliphatic rings. The van der Waals surface area contributed by atoms with Crippen molar-refractivity contribution in [2.75, 3.05) is 13.3 Å². The first-order chi connectivity index (χ1) is 11.7. The van der Waals surface area contributed by atoms with Gasteiger partial charge in [-0.3, -0.25) is 4.79 Å². The Labute approximate surface area is 146 Å². The molecule has 0 unspecified atom stereocenters. The Kier molecular flexibility index (Phi) is 4.19. The minimum absolute atomic E-state index is 0.134. The average molecular weight is 343 g/mol. The second-order valence-electron chi connectivity index (χ2n) is 6.27. The molecular weight excluding hydrogens is 322 g/mol. The number of hydrogen-bond donors (Lipinski definition) is 0. The molecule has 0 N–H and O–H groups in total. The van der Waals surface area contributed by atoms with Gasteiger partial charge in [-0.05, 0) is 61.9 Å². The maximum atomic E-state index is 12.9. The van der Waals surface area contributed by atoms with E-state index in [9.17, 15) is 4.79 Å². The lowest BCUT2D eigenvalue weighted by molar-refractivity contribution is 0.0757. The Hall–Kier alpha value is -2.01. The van der Waals surface area contributed by atoms with Gasteiger partial charge in [0.05, 0.1) is 4.88 Å². The number of aryl methyl sites for hydroxylation is 2. The van der Waals surface area contributed by atoms with Gasteiger partial charge in [-0.2, -0.15) is 0 Å². The van der Waals surface area contributed by atoms with Crippen LogP contribution in [0.1, 0.15) is 45.4 Å². The zero-order valence-electron chi connectivity index (χ0n) is 13.8. The molecule has 0 fully saturated rings. The number of carbonyl (C=O) groups is 1. The number of fused-ring (bicyclic) bond motifs is 2. The van der Waals surface area contributed by atoms with Crippen molar-refractivity contribution in [3.63, 3.8) is 0 Å². The first kappa shape index (κ1) is 15.5. The van der Waals surface area contributed by atoms with Crippen molar-refractivity contribution < 1.29 is 14.3 Å². The molecule has 2 aromatic rings. The number of ether oxygens (including phenoxy) is 2. The summed E-state index contributed by atoms with van der Waals surface area (Å²) in [4.78, 5) is 17.1. The van der Waals surface area contributed by atoms with Crippen LogP contribution >= 0.6 is 11.3 Å². The third-order valence-electron chi connectivity index (χ3n) is 4.69. The molecule has 126 valence electrons. The van der Waals surface area contributed by atoms with Gasteiger partial charge >= 0.3 is 0 Å². The van der Waals surface area contributed by atoms with Crippen LogP contribution in [0.25, 0.3) is 0 Å². The molecule has 4 nitrogen and oxygen atoms in total. The van der Waals surface area contributed by atoms with Crippen LogP contribution < -0.4 is 9.47 Å². The molecule has 4 rings (SSSR count).